The van der Waals surface area contributed by atoms with Gasteiger partial charge in [0.05, 0.1) is 13.2 Å². The number of hydroxylamine groups is 2. The second kappa shape index (κ2) is 4.68. The van der Waals surface area contributed by atoms with E-state index in [0.29, 0.717) is 5.06 Å². The van der Waals surface area contributed by atoms with E-state index in [2.05, 4.69) is 9.05 Å². The van der Waals surface area contributed by atoms with Crippen LogP contribution in [0.4, 0.5) is 0 Å². The lowest BCUT2D eigenvalue weighted by Crippen LogP contribution is -2.45. The molecule has 2 heterocycles. The first-order chi connectivity index (χ1) is 8.73. The van der Waals surface area contributed by atoms with Gasteiger partial charge in [-0.05, 0) is 6.92 Å². The Morgan fingerprint density at radius 2 is 1.79 bits per heavy atom. The van der Waals surface area contributed by atoms with Gasteiger partial charge in [0.2, 0.25) is 0 Å². The van der Waals surface area contributed by atoms with Gasteiger partial charge in [0.1, 0.15) is 5.41 Å². The number of hydrogen-bond donors (Lipinski definition) is 1. The van der Waals surface area contributed by atoms with Crippen LogP contribution in [0.3, 0.4) is 0 Å². The second-order valence-corrected chi connectivity index (χ2v) is 5.99. The van der Waals surface area contributed by atoms with Crippen molar-refractivity contribution in [1.82, 2.24) is 5.06 Å². The number of carbonyl (C=O) groups excluding carboxylic acids is 3. The van der Waals surface area contributed by atoms with Gasteiger partial charge >= 0.3 is 13.8 Å². The zero-order chi connectivity index (χ0) is 14.3. The van der Waals surface area contributed by atoms with Crippen molar-refractivity contribution in [2.24, 2.45) is 5.41 Å². The molecule has 106 valence electrons. The largest absolute Gasteiger partial charge is 0.472 e. The first kappa shape index (κ1) is 14.1. The fraction of sp³-hybridized carbons (Fsp3) is 0.667. The Hall–Kier alpha value is -1.28. The minimum atomic E-state index is -4.12. The number of carbonyl (C=O) groups is 3. The molecule has 0 aromatic rings. The maximum absolute atomic E-state index is 11.9. The molecule has 2 fully saturated rings. The first-order valence-corrected chi connectivity index (χ1v) is 6.93. The number of imide groups is 1. The van der Waals surface area contributed by atoms with Crippen molar-refractivity contribution in [3.05, 3.63) is 0 Å². The van der Waals surface area contributed by atoms with Crippen LogP contribution in [-0.2, 0) is 32.8 Å². The molecule has 2 saturated heterocycles. The van der Waals surface area contributed by atoms with Crippen molar-refractivity contribution in [3.8, 4) is 0 Å². The van der Waals surface area contributed by atoms with Gasteiger partial charge in [-0.2, -0.15) is 0 Å². The summed E-state index contributed by atoms with van der Waals surface area (Å²) in [6.45, 7) is 0.561. The summed E-state index contributed by atoms with van der Waals surface area (Å²) in [7, 11) is -4.12. The molecule has 0 atom stereocenters. The topological polar surface area (TPSA) is 119 Å². The highest BCUT2D eigenvalue weighted by molar-refractivity contribution is 7.47. The fourth-order valence-corrected chi connectivity index (χ4v) is 2.47. The van der Waals surface area contributed by atoms with E-state index in [4.69, 9.17) is 9.73 Å². The van der Waals surface area contributed by atoms with Crippen LogP contribution < -0.4 is 0 Å². The highest BCUT2D eigenvalue weighted by Crippen LogP contribution is 2.50. The van der Waals surface area contributed by atoms with Gasteiger partial charge in [0.25, 0.3) is 11.8 Å². The van der Waals surface area contributed by atoms with Crippen LogP contribution in [0.15, 0.2) is 0 Å². The quantitative estimate of drug-likeness (QED) is 0.546. The molecule has 10 heteroatoms. The Morgan fingerprint density at radius 1 is 1.32 bits per heavy atom. The van der Waals surface area contributed by atoms with Crippen molar-refractivity contribution < 1.29 is 37.7 Å². The van der Waals surface area contributed by atoms with E-state index < -0.39 is 44.2 Å². The zero-order valence-corrected chi connectivity index (χ0v) is 10.9. The third-order valence-corrected chi connectivity index (χ3v) is 3.68. The lowest BCUT2D eigenvalue weighted by Gasteiger charge is -2.32. The molecule has 19 heavy (non-hydrogen) atoms. The third kappa shape index (κ3) is 2.84. The van der Waals surface area contributed by atoms with Crippen LogP contribution in [0.1, 0.15) is 19.8 Å². The molecule has 0 aliphatic carbocycles. The Morgan fingerprint density at radius 3 is 2.26 bits per heavy atom. The number of hydrogen-bond acceptors (Lipinski definition) is 7. The molecule has 0 spiro atoms. The Labute approximate surface area is 108 Å². The van der Waals surface area contributed by atoms with Crippen molar-refractivity contribution in [2.75, 3.05) is 13.2 Å². The van der Waals surface area contributed by atoms with E-state index >= 15 is 0 Å². The molecular weight excluding hydrogens is 281 g/mol. The van der Waals surface area contributed by atoms with Gasteiger partial charge in [0, 0.05) is 12.8 Å². The number of rotatable bonds is 2. The Bertz CT molecular complexity index is 461. The van der Waals surface area contributed by atoms with Gasteiger partial charge in [-0.1, -0.05) is 0 Å². The summed E-state index contributed by atoms with van der Waals surface area (Å²) in [6.07, 6.45) is -0.0245. The Kier molecular flexibility index (Phi) is 3.48. The summed E-state index contributed by atoms with van der Waals surface area (Å²) >= 11 is 0. The van der Waals surface area contributed by atoms with Crippen LogP contribution >= 0.6 is 7.82 Å². The minimum absolute atomic E-state index is 0.0122. The molecule has 0 radical (unpaired) electrons. The highest BCUT2D eigenvalue weighted by Gasteiger charge is 2.47. The second-order valence-electron chi connectivity index (χ2n) is 4.54. The normalized spacial score (nSPS) is 35.6. The van der Waals surface area contributed by atoms with Gasteiger partial charge in [-0.15, -0.1) is 5.06 Å². The molecule has 0 aromatic heterocycles. The molecule has 0 bridgehead atoms. The van der Waals surface area contributed by atoms with E-state index in [1.807, 2.05) is 0 Å². The van der Waals surface area contributed by atoms with Crippen LogP contribution in [0, 0.1) is 5.41 Å². The average Bonchev–Trinajstić information content (AvgIpc) is 2.65. The predicted molar refractivity (Wildman–Crippen MR) is 57.0 cm³/mol. The third-order valence-electron chi connectivity index (χ3n) is 2.77. The van der Waals surface area contributed by atoms with E-state index in [1.54, 1.807) is 0 Å². The summed E-state index contributed by atoms with van der Waals surface area (Å²) in [4.78, 5) is 48.2. The molecule has 9 nitrogen and oxygen atoms in total. The van der Waals surface area contributed by atoms with Gasteiger partial charge < -0.3 is 9.73 Å². The average molecular weight is 293 g/mol. The van der Waals surface area contributed by atoms with Crippen molar-refractivity contribution >= 4 is 25.6 Å². The number of phosphoric acid groups is 1. The molecule has 1 N–H and O–H groups in total. The lowest BCUT2D eigenvalue weighted by molar-refractivity contribution is -0.208. The van der Waals surface area contributed by atoms with Crippen LogP contribution in [0.2, 0.25) is 0 Å². The molecule has 2 aliphatic heterocycles. The van der Waals surface area contributed by atoms with Crippen molar-refractivity contribution in [3.63, 3.8) is 0 Å². The van der Waals surface area contributed by atoms with Gasteiger partial charge in [0.15, 0.2) is 0 Å². The van der Waals surface area contributed by atoms with Gasteiger partial charge in [-0.3, -0.25) is 18.6 Å². The maximum atomic E-state index is 11.9. The number of nitrogens with zero attached hydrogens (tertiary/aromatic N) is 1. The molecule has 0 saturated carbocycles. The summed E-state index contributed by atoms with van der Waals surface area (Å²) in [5, 5.41) is 0.403. The lowest BCUT2D eigenvalue weighted by atomic mass is 9.93. The molecule has 2 aliphatic rings. The van der Waals surface area contributed by atoms with Crippen LogP contribution in [0.25, 0.3) is 0 Å². The molecule has 0 unspecified atom stereocenters. The molecule has 2 amide bonds. The zero-order valence-electron chi connectivity index (χ0n) is 10.0. The first-order valence-electron chi connectivity index (χ1n) is 5.44. The van der Waals surface area contributed by atoms with E-state index in [9.17, 15) is 18.9 Å². The standard InChI is InChI=1S/C9H12NO8P/c1-9(4-16-19(14,15)17-5-9)8(13)18-10-6(11)2-3-7(10)12/h2-5H2,1H3,(H,14,15). The predicted octanol–water partition coefficient (Wildman–Crippen LogP) is -0.253. The Balaban J connectivity index is 2.02. The van der Waals surface area contributed by atoms with E-state index in [-0.39, 0.29) is 12.8 Å². The number of phosphoric ester groups is 1. The molecule has 2 rings (SSSR count). The fourth-order valence-electron chi connectivity index (χ4n) is 1.50. The summed E-state index contributed by atoms with van der Waals surface area (Å²) in [5.41, 5.74) is -1.36. The number of amides is 2. The molecule has 0 aromatic carbocycles. The van der Waals surface area contributed by atoms with Crippen molar-refractivity contribution in [1.29, 1.82) is 0 Å². The SMILES string of the molecule is CC1(C(=O)ON2C(=O)CCC2=O)COP(=O)(O)OC1. The minimum Gasteiger partial charge on any atom is -0.330 e. The molecular formula is C9H12NO8P. The smallest absolute Gasteiger partial charge is 0.330 e. The van der Waals surface area contributed by atoms with Crippen molar-refractivity contribution in [2.45, 2.75) is 19.8 Å². The monoisotopic (exact) mass is 293 g/mol. The van der Waals surface area contributed by atoms with Crippen LogP contribution in [0.5, 0.6) is 0 Å². The summed E-state index contributed by atoms with van der Waals surface area (Å²) in [5.74, 6) is -2.14. The highest BCUT2D eigenvalue weighted by atomic mass is 31.2. The summed E-state index contributed by atoms with van der Waals surface area (Å²) in [6, 6.07) is 0. The maximum Gasteiger partial charge on any atom is 0.472 e. The van der Waals surface area contributed by atoms with Crippen LogP contribution in [-0.4, -0.2) is 41.0 Å². The van der Waals surface area contributed by atoms with Gasteiger partial charge in [-0.25, -0.2) is 9.36 Å². The summed E-state index contributed by atoms with van der Waals surface area (Å²) < 4.78 is 20.1. The van der Waals surface area contributed by atoms with E-state index in [1.165, 1.54) is 6.92 Å². The van der Waals surface area contributed by atoms with E-state index in [0.717, 1.165) is 0 Å².